The number of pyridine rings is 1. The molecule has 0 saturated heterocycles. The molecule has 0 atom stereocenters. The zero-order chi connectivity index (χ0) is 19.6. The second-order valence-corrected chi connectivity index (χ2v) is 6.56. The molecule has 0 aliphatic carbocycles. The van der Waals surface area contributed by atoms with E-state index >= 15 is 0 Å². The monoisotopic (exact) mass is 382 g/mol. The maximum atomic E-state index is 5.31. The highest BCUT2D eigenvalue weighted by Gasteiger charge is 2.14. The molecule has 0 amide bonds. The van der Waals surface area contributed by atoms with Gasteiger partial charge in [-0.1, -0.05) is 24.3 Å². The summed E-state index contributed by atoms with van der Waals surface area (Å²) in [5.74, 6) is 2.09. The number of para-hydroxylation sites is 1. The van der Waals surface area contributed by atoms with E-state index in [4.69, 9.17) is 19.8 Å². The maximum absolute atomic E-state index is 5.31. The number of methoxy groups -OCH3 is 1. The summed E-state index contributed by atoms with van der Waals surface area (Å²) in [6.07, 6.45) is 3.47. The molecular weight excluding hydrogens is 364 g/mol. The van der Waals surface area contributed by atoms with Crippen LogP contribution in [0.5, 0.6) is 5.75 Å². The van der Waals surface area contributed by atoms with Crippen LogP contribution in [0.3, 0.4) is 0 Å². The Kier molecular flexibility index (Phi) is 4.25. The number of hydrogen-bond acceptors (Lipinski definition) is 6. The van der Waals surface area contributed by atoms with Crippen LogP contribution in [0.15, 0.2) is 73.1 Å². The van der Waals surface area contributed by atoms with E-state index in [0.29, 0.717) is 18.3 Å². The van der Waals surface area contributed by atoms with Crippen LogP contribution >= 0.6 is 0 Å². The Morgan fingerprint density at radius 3 is 2.69 bits per heavy atom. The fourth-order valence-electron chi connectivity index (χ4n) is 3.26. The van der Waals surface area contributed by atoms with Crippen molar-refractivity contribution in [1.29, 1.82) is 0 Å². The molecule has 0 spiro atoms. The van der Waals surface area contributed by atoms with Gasteiger partial charge in [0, 0.05) is 29.9 Å². The Morgan fingerprint density at radius 2 is 1.83 bits per heavy atom. The van der Waals surface area contributed by atoms with Gasteiger partial charge in [0.25, 0.3) is 0 Å². The average molecular weight is 382 g/mol. The molecule has 3 aromatic heterocycles. The van der Waals surface area contributed by atoms with Crippen LogP contribution < -0.4 is 10.1 Å². The molecule has 142 valence electrons. The van der Waals surface area contributed by atoms with Gasteiger partial charge in [-0.2, -0.15) is 4.52 Å². The zero-order valence-corrected chi connectivity index (χ0v) is 15.8. The minimum absolute atomic E-state index is 0.585. The van der Waals surface area contributed by atoms with Crippen LogP contribution in [-0.4, -0.2) is 31.7 Å². The van der Waals surface area contributed by atoms with Crippen LogP contribution in [0.1, 0.15) is 5.56 Å². The molecule has 0 unspecified atom stereocenters. The van der Waals surface area contributed by atoms with E-state index in [1.54, 1.807) is 24.0 Å². The summed E-state index contributed by atoms with van der Waals surface area (Å²) >= 11 is 0. The molecule has 0 bridgehead atoms. The van der Waals surface area contributed by atoms with Crippen LogP contribution in [-0.2, 0) is 6.54 Å². The largest absolute Gasteiger partial charge is 0.497 e. The first kappa shape index (κ1) is 17.1. The van der Waals surface area contributed by atoms with Crippen molar-refractivity contribution in [3.05, 3.63) is 78.6 Å². The zero-order valence-electron chi connectivity index (χ0n) is 15.8. The molecular formula is C22H18N6O. The molecule has 0 fully saturated rings. The van der Waals surface area contributed by atoms with E-state index in [0.717, 1.165) is 33.4 Å². The molecule has 2 aromatic carbocycles. The highest BCUT2D eigenvalue weighted by atomic mass is 16.5. The van der Waals surface area contributed by atoms with Gasteiger partial charge >= 0.3 is 0 Å². The molecule has 5 rings (SSSR count). The number of nitrogens with zero attached hydrogens (tertiary/aromatic N) is 5. The lowest BCUT2D eigenvalue weighted by Crippen LogP contribution is -2.08. The third kappa shape index (κ3) is 3.23. The molecule has 0 aliphatic heterocycles. The summed E-state index contributed by atoms with van der Waals surface area (Å²) in [7, 11) is 1.66. The average Bonchev–Trinajstić information content (AvgIpc) is 3.24. The second-order valence-electron chi connectivity index (χ2n) is 6.56. The predicted molar refractivity (Wildman–Crippen MR) is 112 cm³/mol. The quantitative estimate of drug-likeness (QED) is 0.496. The lowest BCUT2D eigenvalue weighted by molar-refractivity contribution is 0.414. The fourth-order valence-corrected chi connectivity index (χ4v) is 3.26. The van der Waals surface area contributed by atoms with Gasteiger partial charge in [-0.15, -0.1) is 5.10 Å². The predicted octanol–water partition coefficient (Wildman–Crippen LogP) is 3.96. The normalized spacial score (nSPS) is 11.1. The number of benzene rings is 2. The van der Waals surface area contributed by atoms with E-state index in [2.05, 4.69) is 10.3 Å². The summed E-state index contributed by atoms with van der Waals surface area (Å²) in [6.45, 7) is 0.585. The molecule has 0 radical (unpaired) electrons. The molecule has 7 heteroatoms. The number of hydrogen-bond donors (Lipinski definition) is 1. The maximum Gasteiger partial charge on any atom is 0.226 e. The van der Waals surface area contributed by atoms with Crippen molar-refractivity contribution < 1.29 is 4.74 Å². The first-order valence-corrected chi connectivity index (χ1v) is 9.24. The number of ether oxygens (including phenoxy) is 1. The van der Waals surface area contributed by atoms with Crippen molar-refractivity contribution in [2.75, 3.05) is 12.4 Å². The Labute approximate surface area is 167 Å². The van der Waals surface area contributed by atoms with Gasteiger partial charge in [0.15, 0.2) is 11.5 Å². The van der Waals surface area contributed by atoms with Crippen molar-refractivity contribution in [2.24, 2.45) is 0 Å². The van der Waals surface area contributed by atoms with Crippen molar-refractivity contribution in [3.63, 3.8) is 0 Å². The van der Waals surface area contributed by atoms with Gasteiger partial charge in [-0.05, 0) is 42.0 Å². The van der Waals surface area contributed by atoms with E-state index in [1.165, 1.54) is 0 Å². The van der Waals surface area contributed by atoms with Crippen LogP contribution in [0.4, 0.5) is 5.95 Å². The van der Waals surface area contributed by atoms with Gasteiger partial charge in [-0.3, -0.25) is 4.98 Å². The number of fused-ring (bicyclic) bond motifs is 3. The molecule has 0 saturated carbocycles. The van der Waals surface area contributed by atoms with E-state index in [-0.39, 0.29) is 0 Å². The topological polar surface area (TPSA) is 77.2 Å². The van der Waals surface area contributed by atoms with Crippen LogP contribution in [0.2, 0.25) is 0 Å². The molecule has 5 aromatic rings. The Hall–Kier alpha value is -4.00. The SMILES string of the molecule is COc1cccc(CNc2nc3ccccc3c3nc(-c4ccncc4)nn23)c1. The lowest BCUT2D eigenvalue weighted by Gasteiger charge is -2.10. The van der Waals surface area contributed by atoms with Crippen molar-refractivity contribution in [2.45, 2.75) is 6.54 Å². The van der Waals surface area contributed by atoms with Crippen LogP contribution in [0, 0.1) is 0 Å². The Balaban J connectivity index is 1.60. The summed E-state index contributed by atoms with van der Waals surface area (Å²) in [6, 6.07) is 19.7. The van der Waals surface area contributed by atoms with Crippen molar-refractivity contribution >= 4 is 22.5 Å². The molecule has 3 heterocycles. The van der Waals surface area contributed by atoms with E-state index in [9.17, 15) is 0 Å². The minimum atomic E-state index is 0.585. The highest BCUT2D eigenvalue weighted by Crippen LogP contribution is 2.24. The molecule has 29 heavy (non-hydrogen) atoms. The van der Waals surface area contributed by atoms with Crippen molar-refractivity contribution in [3.8, 4) is 17.1 Å². The first-order valence-electron chi connectivity index (χ1n) is 9.24. The van der Waals surface area contributed by atoms with E-state index in [1.807, 2.05) is 60.7 Å². The Bertz CT molecular complexity index is 1300. The second kappa shape index (κ2) is 7.20. The standard InChI is InChI=1S/C22H18N6O/c1-29-17-6-4-5-15(13-17)14-24-22-25-19-8-3-2-7-18(19)21-26-20(27-28(21)22)16-9-11-23-12-10-16/h2-13H,14H2,1H3,(H,24,25). The number of nitrogens with one attached hydrogen (secondary N) is 1. The van der Waals surface area contributed by atoms with E-state index < -0.39 is 0 Å². The smallest absolute Gasteiger partial charge is 0.226 e. The summed E-state index contributed by atoms with van der Waals surface area (Å²) in [5, 5.41) is 9.05. The molecule has 1 N–H and O–H groups in total. The summed E-state index contributed by atoms with van der Waals surface area (Å²) in [4.78, 5) is 13.6. The van der Waals surface area contributed by atoms with Gasteiger partial charge < -0.3 is 10.1 Å². The lowest BCUT2D eigenvalue weighted by atomic mass is 10.2. The van der Waals surface area contributed by atoms with Crippen LogP contribution in [0.25, 0.3) is 27.9 Å². The van der Waals surface area contributed by atoms with Crippen molar-refractivity contribution in [1.82, 2.24) is 24.6 Å². The third-order valence-electron chi connectivity index (χ3n) is 4.70. The minimum Gasteiger partial charge on any atom is -0.497 e. The Morgan fingerprint density at radius 1 is 0.966 bits per heavy atom. The molecule has 0 aliphatic rings. The number of rotatable bonds is 5. The van der Waals surface area contributed by atoms with Gasteiger partial charge in [0.2, 0.25) is 5.95 Å². The number of anilines is 1. The van der Waals surface area contributed by atoms with Gasteiger partial charge in [0.1, 0.15) is 5.75 Å². The third-order valence-corrected chi connectivity index (χ3v) is 4.70. The number of aromatic nitrogens is 5. The van der Waals surface area contributed by atoms with Gasteiger partial charge in [-0.25, -0.2) is 9.97 Å². The molecule has 7 nitrogen and oxygen atoms in total. The summed E-state index contributed by atoms with van der Waals surface area (Å²) in [5.41, 5.74) is 3.62. The first-order chi connectivity index (χ1) is 14.3. The summed E-state index contributed by atoms with van der Waals surface area (Å²) < 4.78 is 7.07. The fraction of sp³-hybridized carbons (Fsp3) is 0.0909. The highest BCUT2D eigenvalue weighted by molar-refractivity contribution is 5.92. The van der Waals surface area contributed by atoms with Gasteiger partial charge in [0.05, 0.1) is 12.6 Å².